The first-order valence-corrected chi connectivity index (χ1v) is 6.07. The summed E-state index contributed by atoms with van der Waals surface area (Å²) in [5.41, 5.74) is 1.92. The van der Waals surface area contributed by atoms with E-state index in [1.165, 1.54) is 4.90 Å². The number of carbonyl (C=O) groups is 1. The van der Waals surface area contributed by atoms with Gasteiger partial charge < -0.3 is 19.8 Å². The molecule has 2 N–H and O–H groups in total. The maximum Gasteiger partial charge on any atom is 0.407 e. The molecule has 2 atom stereocenters. The normalized spacial score (nSPS) is 26.3. The molecule has 5 heteroatoms. The van der Waals surface area contributed by atoms with E-state index in [-0.39, 0.29) is 17.9 Å². The van der Waals surface area contributed by atoms with Gasteiger partial charge in [0.15, 0.2) is 0 Å². The topological polar surface area (TPSA) is 70.0 Å². The summed E-state index contributed by atoms with van der Waals surface area (Å²) in [5, 5.41) is 19.0. The zero-order valence-electron chi connectivity index (χ0n) is 9.87. The zero-order valence-corrected chi connectivity index (χ0v) is 9.87. The Morgan fingerprint density at radius 3 is 3.00 bits per heavy atom. The van der Waals surface area contributed by atoms with E-state index in [1.807, 2.05) is 6.07 Å². The predicted molar refractivity (Wildman–Crippen MR) is 63.8 cm³/mol. The van der Waals surface area contributed by atoms with Gasteiger partial charge in [0.2, 0.25) is 0 Å². The molecule has 5 nitrogen and oxygen atoms in total. The minimum absolute atomic E-state index is 0.134. The van der Waals surface area contributed by atoms with E-state index in [0.717, 1.165) is 11.1 Å². The Hall–Kier alpha value is -1.75. The van der Waals surface area contributed by atoms with Crippen LogP contribution in [0.2, 0.25) is 0 Å². The van der Waals surface area contributed by atoms with Crippen molar-refractivity contribution < 1.29 is 19.7 Å². The largest absolute Gasteiger partial charge is 0.508 e. The van der Waals surface area contributed by atoms with Crippen LogP contribution in [-0.4, -0.2) is 46.5 Å². The lowest BCUT2D eigenvalue weighted by Gasteiger charge is -2.42. The van der Waals surface area contributed by atoms with Gasteiger partial charge in [-0.15, -0.1) is 0 Å². The van der Waals surface area contributed by atoms with Gasteiger partial charge in [-0.25, -0.2) is 4.79 Å². The van der Waals surface area contributed by atoms with E-state index in [2.05, 4.69) is 0 Å². The molecule has 1 saturated heterocycles. The first kappa shape index (κ1) is 11.3. The fourth-order valence-corrected chi connectivity index (χ4v) is 2.93. The lowest BCUT2D eigenvalue weighted by Crippen LogP contribution is -2.56. The van der Waals surface area contributed by atoms with Crippen LogP contribution in [0.25, 0.3) is 0 Å². The second-order valence-electron chi connectivity index (χ2n) is 4.78. The third-order valence-electron chi connectivity index (χ3n) is 3.82. The molecule has 1 aliphatic carbocycles. The standard InChI is InChI=1S/C13H15NO4/c15-11-3-1-2-8-6-10-12(7-9(8)11)18-5-4-14(10)13(16)17/h1-3,10,12,15H,4-7H2,(H,16,17)/t10-,12-/m1/s1. The van der Waals surface area contributed by atoms with E-state index in [9.17, 15) is 15.0 Å². The quantitative estimate of drug-likeness (QED) is 0.725. The third kappa shape index (κ3) is 1.71. The fraction of sp³-hybridized carbons (Fsp3) is 0.462. The highest BCUT2D eigenvalue weighted by Gasteiger charge is 2.39. The Morgan fingerprint density at radius 1 is 1.39 bits per heavy atom. The molecule has 18 heavy (non-hydrogen) atoms. The van der Waals surface area contributed by atoms with Crippen molar-refractivity contribution in [1.29, 1.82) is 0 Å². The van der Waals surface area contributed by atoms with Gasteiger partial charge in [0.05, 0.1) is 18.8 Å². The van der Waals surface area contributed by atoms with E-state index in [4.69, 9.17) is 4.74 Å². The van der Waals surface area contributed by atoms with Crippen LogP contribution in [0.15, 0.2) is 18.2 Å². The lowest BCUT2D eigenvalue weighted by molar-refractivity contribution is -0.0642. The average molecular weight is 249 g/mol. The highest BCUT2D eigenvalue weighted by atomic mass is 16.5. The first-order chi connectivity index (χ1) is 8.66. The maximum absolute atomic E-state index is 11.2. The van der Waals surface area contributed by atoms with Gasteiger partial charge in [0.25, 0.3) is 0 Å². The lowest BCUT2D eigenvalue weighted by atomic mass is 9.84. The summed E-state index contributed by atoms with van der Waals surface area (Å²) in [6, 6.07) is 5.27. The van der Waals surface area contributed by atoms with E-state index in [0.29, 0.717) is 26.0 Å². The smallest absolute Gasteiger partial charge is 0.407 e. The molecular weight excluding hydrogens is 234 g/mol. The number of morpholine rings is 1. The number of amides is 1. The van der Waals surface area contributed by atoms with Gasteiger partial charge in [0, 0.05) is 13.0 Å². The average Bonchev–Trinajstić information content (AvgIpc) is 2.36. The molecule has 0 aromatic heterocycles. The number of phenols is 1. The SMILES string of the molecule is O=C(O)N1CCO[C@@H]2Cc3c(O)cccc3C[C@H]21. The molecule has 1 amide bonds. The van der Waals surface area contributed by atoms with Crippen molar-refractivity contribution in [1.82, 2.24) is 4.90 Å². The number of carboxylic acid groups (broad SMARTS) is 1. The van der Waals surface area contributed by atoms with Crippen molar-refractivity contribution in [3.63, 3.8) is 0 Å². The van der Waals surface area contributed by atoms with Gasteiger partial charge in [-0.2, -0.15) is 0 Å². The summed E-state index contributed by atoms with van der Waals surface area (Å²) in [6.07, 6.45) is 0.157. The molecule has 1 aliphatic heterocycles. The number of hydrogen-bond acceptors (Lipinski definition) is 3. The number of rotatable bonds is 0. The molecule has 1 aromatic rings. The molecule has 1 aromatic carbocycles. The van der Waals surface area contributed by atoms with E-state index < -0.39 is 6.09 Å². The van der Waals surface area contributed by atoms with Crippen molar-refractivity contribution in [2.24, 2.45) is 0 Å². The third-order valence-corrected chi connectivity index (χ3v) is 3.82. The summed E-state index contributed by atoms with van der Waals surface area (Å²) < 4.78 is 5.66. The molecule has 0 radical (unpaired) electrons. The highest BCUT2D eigenvalue weighted by Crippen LogP contribution is 2.33. The zero-order chi connectivity index (χ0) is 12.7. The van der Waals surface area contributed by atoms with E-state index in [1.54, 1.807) is 12.1 Å². The molecule has 1 fully saturated rings. The Labute approximate surface area is 105 Å². The molecule has 0 bridgehead atoms. The predicted octanol–water partition coefficient (Wildman–Crippen LogP) is 1.24. The van der Waals surface area contributed by atoms with Crippen LogP contribution in [0, 0.1) is 0 Å². The van der Waals surface area contributed by atoms with Crippen LogP contribution in [0.1, 0.15) is 11.1 Å². The van der Waals surface area contributed by atoms with Gasteiger partial charge in [-0.1, -0.05) is 12.1 Å². The number of nitrogens with zero attached hydrogens (tertiary/aromatic N) is 1. The van der Waals surface area contributed by atoms with Crippen molar-refractivity contribution in [3.05, 3.63) is 29.3 Å². The van der Waals surface area contributed by atoms with Crippen molar-refractivity contribution >= 4 is 6.09 Å². The Kier molecular flexibility index (Phi) is 2.63. The van der Waals surface area contributed by atoms with Gasteiger partial charge in [-0.3, -0.25) is 0 Å². The molecule has 2 aliphatic rings. The number of fused-ring (bicyclic) bond motifs is 2. The molecular formula is C13H15NO4. The van der Waals surface area contributed by atoms with Gasteiger partial charge in [0.1, 0.15) is 5.75 Å². The summed E-state index contributed by atoms with van der Waals surface area (Å²) >= 11 is 0. The summed E-state index contributed by atoms with van der Waals surface area (Å²) in [7, 11) is 0. The molecule has 0 spiro atoms. The van der Waals surface area contributed by atoms with Crippen LogP contribution < -0.4 is 0 Å². The maximum atomic E-state index is 11.2. The highest BCUT2D eigenvalue weighted by molar-refractivity contribution is 5.66. The van der Waals surface area contributed by atoms with Crippen LogP contribution in [0.4, 0.5) is 4.79 Å². The number of phenolic OH excluding ortho intramolecular Hbond substituents is 1. The molecule has 1 heterocycles. The van der Waals surface area contributed by atoms with Crippen molar-refractivity contribution in [3.8, 4) is 5.75 Å². The number of benzene rings is 1. The first-order valence-electron chi connectivity index (χ1n) is 6.07. The Morgan fingerprint density at radius 2 is 2.22 bits per heavy atom. The number of ether oxygens (including phenoxy) is 1. The van der Waals surface area contributed by atoms with Crippen molar-refractivity contribution in [2.45, 2.75) is 25.0 Å². The Balaban J connectivity index is 1.95. The number of hydrogen-bond donors (Lipinski definition) is 2. The Bertz CT molecular complexity index is 488. The summed E-state index contributed by atoms with van der Waals surface area (Å²) in [6.45, 7) is 0.848. The van der Waals surface area contributed by atoms with Crippen LogP contribution in [-0.2, 0) is 17.6 Å². The van der Waals surface area contributed by atoms with Gasteiger partial charge >= 0.3 is 6.09 Å². The molecule has 0 saturated carbocycles. The summed E-state index contributed by atoms with van der Waals surface area (Å²) in [4.78, 5) is 12.7. The molecule has 96 valence electrons. The minimum atomic E-state index is -0.892. The second kappa shape index (κ2) is 4.17. The van der Waals surface area contributed by atoms with Crippen LogP contribution >= 0.6 is 0 Å². The van der Waals surface area contributed by atoms with Gasteiger partial charge in [-0.05, 0) is 23.6 Å². The summed E-state index contributed by atoms with van der Waals surface area (Å²) in [5.74, 6) is 0.280. The molecule has 0 unspecified atom stereocenters. The second-order valence-corrected chi connectivity index (χ2v) is 4.78. The fourth-order valence-electron chi connectivity index (χ4n) is 2.93. The van der Waals surface area contributed by atoms with Crippen LogP contribution in [0.5, 0.6) is 5.75 Å². The minimum Gasteiger partial charge on any atom is -0.508 e. The van der Waals surface area contributed by atoms with E-state index >= 15 is 0 Å². The van der Waals surface area contributed by atoms with Crippen molar-refractivity contribution in [2.75, 3.05) is 13.2 Å². The monoisotopic (exact) mass is 249 g/mol. The van der Waals surface area contributed by atoms with Crippen LogP contribution in [0.3, 0.4) is 0 Å². The molecule has 3 rings (SSSR count). The number of aromatic hydroxyl groups is 1.